The first-order valence-corrected chi connectivity index (χ1v) is 8.12. The van der Waals surface area contributed by atoms with E-state index in [1.165, 1.54) is 12.1 Å². The maximum atomic E-state index is 12.9. The molecule has 6 heteroatoms. The van der Waals surface area contributed by atoms with Crippen LogP contribution in [0.5, 0.6) is 11.5 Å². The molecule has 1 amide bonds. The number of carbonyl (C=O) groups excluding carboxylic acids is 1. The van der Waals surface area contributed by atoms with E-state index in [4.69, 9.17) is 9.47 Å². The minimum atomic E-state index is -0.763. The van der Waals surface area contributed by atoms with Crippen LogP contribution in [-0.4, -0.2) is 23.8 Å². The lowest BCUT2D eigenvalue weighted by atomic mass is 10.0. The van der Waals surface area contributed by atoms with Gasteiger partial charge in [-0.15, -0.1) is 0 Å². The number of amides is 1. The standard InChI is InChI=1S/C19H20FNO4/c1-12(8-16(22)14-3-5-15(20)6-4-14)21-19(23)10-13-2-7-17-18(9-13)25-11-24-17/h2-7,9,12,16,22H,8,10-11H2,1H3,(H,21,23)/t12-,16-/m1/s1. The van der Waals surface area contributed by atoms with Crippen LogP contribution in [0.4, 0.5) is 4.39 Å². The number of rotatable bonds is 6. The topological polar surface area (TPSA) is 67.8 Å². The molecule has 0 fully saturated rings. The van der Waals surface area contributed by atoms with Crippen molar-refractivity contribution in [1.29, 1.82) is 0 Å². The zero-order valence-corrected chi connectivity index (χ0v) is 13.9. The van der Waals surface area contributed by atoms with Crippen LogP contribution in [0.15, 0.2) is 42.5 Å². The van der Waals surface area contributed by atoms with Gasteiger partial charge in [-0.1, -0.05) is 18.2 Å². The number of hydrogen-bond acceptors (Lipinski definition) is 4. The van der Waals surface area contributed by atoms with Crippen molar-refractivity contribution >= 4 is 5.91 Å². The molecule has 0 saturated heterocycles. The smallest absolute Gasteiger partial charge is 0.231 e. The summed E-state index contributed by atoms with van der Waals surface area (Å²) >= 11 is 0. The molecule has 2 N–H and O–H groups in total. The molecule has 0 aliphatic carbocycles. The molecule has 0 saturated carbocycles. The molecule has 1 aliphatic heterocycles. The number of fused-ring (bicyclic) bond motifs is 1. The van der Waals surface area contributed by atoms with Crippen molar-refractivity contribution in [3.8, 4) is 11.5 Å². The van der Waals surface area contributed by atoms with E-state index in [2.05, 4.69) is 5.32 Å². The van der Waals surface area contributed by atoms with Gasteiger partial charge < -0.3 is 19.9 Å². The monoisotopic (exact) mass is 345 g/mol. The number of aliphatic hydroxyl groups excluding tert-OH is 1. The van der Waals surface area contributed by atoms with E-state index in [9.17, 15) is 14.3 Å². The average molecular weight is 345 g/mol. The third-order valence-electron chi connectivity index (χ3n) is 4.04. The minimum absolute atomic E-state index is 0.141. The van der Waals surface area contributed by atoms with Crippen LogP contribution in [0.2, 0.25) is 0 Å². The fourth-order valence-corrected chi connectivity index (χ4v) is 2.78. The van der Waals surface area contributed by atoms with Crippen molar-refractivity contribution < 1.29 is 23.8 Å². The summed E-state index contributed by atoms with van der Waals surface area (Å²) in [7, 11) is 0. The minimum Gasteiger partial charge on any atom is -0.454 e. The van der Waals surface area contributed by atoms with Crippen LogP contribution >= 0.6 is 0 Å². The Kier molecular flexibility index (Phi) is 5.19. The molecule has 2 aromatic carbocycles. The number of halogens is 1. The Hall–Kier alpha value is -2.60. The number of carbonyl (C=O) groups is 1. The lowest BCUT2D eigenvalue weighted by Gasteiger charge is -2.18. The summed E-state index contributed by atoms with van der Waals surface area (Å²) in [5.41, 5.74) is 1.45. The Morgan fingerprint density at radius 2 is 1.92 bits per heavy atom. The summed E-state index contributed by atoms with van der Waals surface area (Å²) in [4.78, 5) is 12.2. The van der Waals surface area contributed by atoms with Gasteiger partial charge in [0, 0.05) is 6.04 Å². The first-order chi connectivity index (χ1) is 12.0. The van der Waals surface area contributed by atoms with Crippen LogP contribution in [-0.2, 0) is 11.2 Å². The predicted octanol–water partition coefficient (Wildman–Crippen LogP) is 2.73. The van der Waals surface area contributed by atoms with Gasteiger partial charge in [0.05, 0.1) is 12.5 Å². The molecule has 25 heavy (non-hydrogen) atoms. The Bertz CT molecular complexity index is 748. The van der Waals surface area contributed by atoms with Crippen LogP contribution in [0, 0.1) is 5.82 Å². The van der Waals surface area contributed by atoms with E-state index in [1.807, 2.05) is 13.0 Å². The van der Waals surface area contributed by atoms with Gasteiger partial charge >= 0.3 is 0 Å². The quantitative estimate of drug-likeness (QED) is 0.845. The molecule has 2 atom stereocenters. The highest BCUT2D eigenvalue weighted by Gasteiger charge is 2.17. The van der Waals surface area contributed by atoms with Crippen molar-refractivity contribution in [3.05, 3.63) is 59.4 Å². The van der Waals surface area contributed by atoms with Gasteiger partial charge in [0.1, 0.15) is 5.82 Å². The predicted molar refractivity (Wildman–Crippen MR) is 89.9 cm³/mol. The van der Waals surface area contributed by atoms with Crippen LogP contribution < -0.4 is 14.8 Å². The molecule has 0 spiro atoms. The maximum absolute atomic E-state index is 12.9. The first kappa shape index (κ1) is 17.2. The number of ether oxygens (including phenoxy) is 2. The average Bonchev–Trinajstić information content (AvgIpc) is 3.02. The second-order valence-electron chi connectivity index (χ2n) is 6.14. The summed E-state index contributed by atoms with van der Waals surface area (Å²) < 4.78 is 23.5. The van der Waals surface area contributed by atoms with E-state index in [0.29, 0.717) is 23.5 Å². The summed E-state index contributed by atoms with van der Waals surface area (Å²) in [6.07, 6.45) is -0.201. The Balaban J connectivity index is 1.51. The van der Waals surface area contributed by atoms with Crippen molar-refractivity contribution in [2.75, 3.05) is 6.79 Å². The van der Waals surface area contributed by atoms with Crippen LogP contribution in [0.3, 0.4) is 0 Å². The fourth-order valence-electron chi connectivity index (χ4n) is 2.78. The number of aliphatic hydroxyl groups is 1. The lowest BCUT2D eigenvalue weighted by molar-refractivity contribution is -0.121. The van der Waals surface area contributed by atoms with Gasteiger partial charge in [0.25, 0.3) is 0 Å². The van der Waals surface area contributed by atoms with Gasteiger partial charge in [-0.2, -0.15) is 0 Å². The zero-order chi connectivity index (χ0) is 17.8. The Labute approximate surface area is 145 Å². The maximum Gasteiger partial charge on any atom is 0.231 e. The van der Waals surface area contributed by atoms with Gasteiger partial charge in [-0.25, -0.2) is 4.39 Å². The molecule has 132 valence electrons. The van der Waals surface area contributed by atoms with Crippen molar-refractivity contribution in [3.63, 3.8) is 0 Å². The van der Waals surface area contributed by atoms with E-state index in [0.717, 1.165) is 5.56 Å². The third kappa shape index (κ3) is 4.48. The Morgan fingerprint density at radius 3 is 2.68 bits per heavy atom. The number of hydrogen-bond donors (Lipinski definition) is 2. The van der Waals surface area contributed by atoms with Crippen LogP contribution in [0.25, 0.3) is 0 Å². The second-order valence-corrected chi connectivity index (χ2v) is 6.14. The lowest BCUT2D eigenvalue weighted by Crippen LogP contribution is -2.34. The molecule has 2 aromatic rings. The van der Waals surface area contributed by atoms with Gasteiger partial charge in [0.15, 0.2) is 11.5 Å². The summed E-state index contributed by atoms with van der Waals surface area (Å²) in [6.45, 7) is 2.02. The van der Waals surface area contributed by atoms with E-state index < -0.39 is 6.10 Å². The molecule has 1 aliphatic rings. The number of benzene rings is 2. The first-order valence-electron chi connectivity index (χ1n) is 8.12. The normalized spacial score (nSPS) is 14.8. The fraction of sp³-hybridized carbons (Fsp3) is 0.316. The van der Waals surface area contributed by atoms with Crippen molar-refractivity contribution in [2.24, 2.45) is 0 Å². The number of nitrogens with one attached hydrogen (secondary N) is 1. The van der Waals surface area contributed by atoms with E-state index >= 15 is 0 Å². The zero-order valence-electron chi connectivity index (χ0n) is 13.9. The highest BCUT2D eigenvalue weighted by Crippen LogP contribution is 2.32. The molecule has 0 bridgehead atoms. The molecule has 0 aromatic heterocycles. The van der Waals surface area contributed by atoms with E-state index in [-0.39, 0.29) is 31.0 Å². The molecule has 5 nitrogen and oxygen atoms in total. The third-order valence-corrected chi connectivity index (χ3v) is 4.04. The SMILES string of the molecule is C[C@H](C[C@@H](O)c1ccc(F)cc1)NC(=O)Cc1ccc2c(c1)OCO2. The van der Waals surface area contributed by atoms with Gasteiger partial charge in [-0.3, -0.25) is 4.79 Å². The summed E-state index contributed by atoms with van der Waals surface area (Å²) in [5, 5.41) is 13.0. The van der Waals surface area contributed by atoms with Gasteiger partial charge in [-0.05, 0) is 48.7 Å². The Morgan fingerprint density at radius 1 is 1.20 bits per heavy atom. The van der Waals surface area contributed by atoms with Crippen LogP contribution in [0.1, 0.15) is 30.6 Å². The molecule has 1 heterocycles. The van der Waals surface area contributed by atoms with Gasteiger partial charge in [0.2, 0.25) is 12.7 Å². The molecular formula is C19H20FNO4. The molecule has 0 radical (unpaired) electrons. The summed E-state index contributed by atoms with van der Waals surface area (Å²) in [6, 6.07) is 10.9. The molecule has 0 unspecified atom stereocenters. The van der Waals surface area contributed by atoms with Crippen molar-refractivity contribution in [1.82, 2.24) is 5.32 Å². The largest absolute Gasteiger partial charge is 0.454 e. The summed E-state index contributed by atoms with van der Waals surface area (Å²) in [5.74, 6) is 0.837. The van der Waals surface area contributed by atoms with E-state index in [1.54, 1.807) is 24.3 Å². The molecule has 3 rings (SSSR count). The highest BCUT2D eigenvalue weighted by molar-refractivity contribution is 5.79. The van der Waals surface area contributed by atoms with Crippen molar-refractivity contribution in [2.45, 2.75) is 31.9 Å². The second kappa shape index (κ2) is 7.53. The molecular weight excluding hydrogens is 325 g/mol. The highest BCUT2D eigenvalue weighted by atomic mass is 19.1.